The molecule has 1 fully saturated rings. The number of hydrogen-bond acceptors (Lipinski definition) is 6. The quantitative estimate of drug-likeness (QED) is 0.609. The van der Waals surface area contributed by atoms with Crippen LogP contribution < -0.4 is 14.8 Å². The molecule has 2 heterocycles. The lowest BCUT2D eigenvalue weighted by Crippen LogP contribution is -2.33. The molecule has 5 rings (SSSR count). The first-order valence-electron chi connectivity index (χ1n) is 10.1. The third-order valence-electron chi connectivity index (χ3n) is 5.33. The standard InChI is InChI=1S/C22H22N4O3S/c27-20(23-16-6-4-5-7-16)13-30-22-25-24-21(26(22)17-8-2-1-3-9-17)15-10-11-18-19(12-15)29-14-28-18/h1-3,8-12,16H,4-7,13-14H2,(H,23,27). The molecule has 0 radical (unpaired) electrons. The fourth-order valence-corrected chi connectivity index (χ4v) is 4.63. The van der Waals surface area contributed by atoms with Gasteiger partial charge in [-0.3, -0.25) is 9.36 Å². The number of nitrogens with zero attached hydrogens (tertiary/aromatic N) is 3. The molecule has 7 nitrogen and oxygen atoms in total. The highest BCUT2D eigenvalue weighted by Gasteiger charge is 2.21. The van der Waals surface area contributed by atoms with Gasteiger partial charge in [-0.05, 0) is 43.2 Å². The number of para-hydroxylation sites is 1. The Hall–Kier alpha value is -3.00. The second kappa shape index (κ2) is 8.39. The summed E-state index contributed by atoms with van der Waals surface area (Å²) < 4.78 is 12.9. The number of carbonyl (C=O) groups excluding carboxylic acids is 1. The summed E-state index contributed by atoms with van der Waals surface area (Å²) in [4.78, 5) is 12.4. The van der Waals surface area contributed by atoms with Crippen molar-refractivity contribution >= 4 is 17.7 Å². The van der Waals surface area contributed by atoms with Gasteiger partial charge in [0.05, 0.1) is 5.75 Å². The molecule has 0 spiro atoms. The molecule has 2 aromatic carbocycles. The van der Waals surface area contributed by atoms with Crippen molar-refractivity contribution in [1.82, 2.24) is 20.1 Å². The summed E-state index contributed by atoms with van der Waals surface area (Å²) in [6.45, 7) is 0.224. The minimum absolute atomic E-state index is 0.0409. The highest BCUT2D eigenvalue weighted by molar-refractivity contribution is 7.99. The maximum Gasteiger partial charge on any atom is 0.231 e. The summed E-state index contributed by atoms with van der Waals surface area (Å²) in [6, 6.07) is 16.0. The lowest BCUT2D eigenvalue weighted by Gasteiger charge is -2.12. The van der Waals surface area contributed by atoms with E-state index in [1.807, 2.05) is 53.1 Å². The van der Waals surface area contributed by atoms with Crippen molar-refractivity contribution in [3.8, 4) is 28.6 Å². The van der Waals surface area contributed by atoms with Gasteiger partial charge < -0.3 is 14.8 Å². The first-order chi connectivity index (χ1) is 14.8. The Morgan fingerprint density at radius 3 is 2.70 bits per heavy atom. The zero-order chi connectivity index (χ0) is 20.3. The Morgan fingerprint density at radius 1 is 1.07 bits per heavy atom. The van der Waals surface area contributed by atoms with Gasteiger partial charge in [0, 0.05) is 17.3 Å². The van der Waals surface area contributed by atoms with Crippen LogP contribution in [0.25, 0.3) is 17.1 Å². The maximum atomic E-state index is 12.4. The molecule has 1 N–H and O–H groups in total. The first-order valence-corrected chi connectivity index (χ1v) is 11.1. The molecule has 30 heavy (non-hydrogen) atoms. The minimum Gasteiger partial charge on any atom is -0.454 e. The maximum absolute atomic E-state index is 12.4. The normalized spacial score (nSPS) is 15.5. The number of ether oxygens (including phenoxy) is 2. The highest BCUT2D eigenvalue weighted by Crippen LogP contribution is 2.37. The average Bonchev–Trinajstić information content (AvgIpc) is 3.52. The number of rotatable bonds is 6. The van der Waals surface area contributed by atoms with Crippen molar-refractivity contribution in [2.75, 3.05) is 12.5 Å². The Kier molecular flexibility index (Phi) is 5.31. The van der Waals surface area contributed by atoms with Crippen molar-refractivity contribution in [3.63, 3.8) is 0 Å². The first kappa shape index (κ1) is 19.0. The van der Waals surface area contributed by atoms with Gasteiger partial charge in [-0.1, -0.05) is 42.8 Å². The van der Waals surface area contributed by atoms with Crippen LogP contribution in [0.4, 0.5) is 0 Å². The third-order valence-corrected chi connectivity index (χ3v) is 6.26. The number of carbonyl (C=O) groups is 1. The Morgan fingerprint density at radius 2 is 1.87 bits per heavy atom. The fraction of sp³-hybridized carbons (Fsp3) is 0.318. The van der Waals surface area contributed by atoms with E-state index in [2.05, 4.69) is 15.5 Å². The molecule has 1 amide bonds. The summed E-state index contributed by atoms with van der Waals surface area (Å²) in [7, 11) is 0. The molecule has 0 unspecified atom stereocenters. The van der Waals surface area contributed by atoms with Crippen molar-refractivity contribution < 1.29 is 14.3 Å². The van der Waals surface area contributed by atoms with Gasteiger partial charge in [-0.15, -0.1) is 10.2 Å². The van der Waals surface area contributed by atoms with Gasteiger partial charge in [0.15, 0.2) is 22.5 Å². The van der Waals surface area contributed by atoms with Gasteiger partial charge in [0.25, 0.3) is 0 Å². The number of nitrogens with one attached hydrogen (secondary N) is 1. The van der Waals surface area contributed by atoms with E-state index in [4.69, 9.17) is 9.47 Å². The van der Waals surface area contributed by atoms with Crippen LogP contribution in [0.1, 0.15) is 25.7 Å². The third kappa shape index (κ3) is 3.87. The number of fused-ring (bicyclic) bond motifs is 1. The van der Waals surface area contributed by atoms with Gasteiger partial charge in [0.1, 0.15) is 0 Å². The number of aromatic nitrogens is 3. The van der Waals surface area contributed by atoms with E-state index in [1.54, 1.807) is 0 Å². The molecule has 1 saturated carbocycles. The van der Waals surface area contributed by atoms with E-state index in [1.165, 1.54) is 24.6 Å². The molecule has 0 atom stereocenters. The van der Waals surface area contributed by atoms with E-state index < -0.39 is 0 Å². The molecular formula is C22H22N4O3S. The van der Waals surface area contributed by atoms with Crippen molar-refractivity contribution in [2.45, 2.75) is 36.9 Å². The van der Waals surface area contributed by atoms with Gasteiger partial charge in [0.2, 0.25) is 12.7 Å². The summed E-state index contributed by atoms with van der Waals surface area (Å²) in [5, 5.41) is 12.6. The SMILES string of the molecule is O=C(CSc1nnc(-c2ccc3c(c2)OCO3)n1-c1ccccc1)NC1CCCC1. The Labute approximate surface area is 178 Å². The number of benzene rings is 2. The lowest BCUT2D eigenvalue weighted by atomic mass is 10.2. The number of thioether (sulfide) groups is 1. The minimum atomic E-state index is 0.0409. The van der Waals surface area contributed by atoms with Gasteiger partial charge >= 0.3 is 0 Å². The van der Waals surface area contributed by atoms with E-state index in [-0.39, 0.29) is 12.7 Å². The molecule has 3 aromatic rings. The van der Waals surface area contributed by atoms with Crippen molar-refractivity contribution in [3.05, 3.63) is 48.5 Å². The zero-order valence-corrected chi connectivity index (χ0v) is 17.2. The Bertz CT molecular complexity index is 1050. The predicted octanol–water partition coefficient (Wildman–Crippen LogP) is 3.81. The van der Waals surface area contributed by atoms with Crippen LogP contribution in [0.2, 0.25) is 0 Å². The highest BCUT2D eigenvalue weighted by atomic mass is 32.2. The van der Waals surface area contributed by atoms with Crippen molar-refractivity contribution in [2.24, 2.45) is 0 Å². The van der Waals surface area contributed by atoms with E-state index >= 15 is 0 Å². The van der Waals surface area contributed by atoms with Crippen LogP contribution in [0.15, 0.2) is 53.7 Å². The van der Waals surface area contributed by atoms with Crippen LogP contribution in [0.5, 0.6) is 11.5 Å². The lowest BCUT2D eigenvalue weighted by molar-refractivity contribution is -0.119. The number of amides is 1. The largest absolute Gasteiger partial charge is 0.454 e. The average molecular weight is 423 g/mol. The van der Waals surface area contributed by atoms with Crippen molar-refractivity contribution in [1.29, 1.82) is 0 Å². The van der Waals surface area contributed by atoms with Gasteiger partial charge in [-0.2, -0.15) is 0 Å². The van der Waals surface area contributed by atoms with E-state index in [0.29, 0.717) is 28.5 Å². The predicted molar refractivity (Wildman–Crippen MR) is 114 cm³/mol. The van der Waals surface area contributed by atoms with Crippen LogP contribution >= 0.6 is 11.8 Å². The van der Waals surface area contributed by atoms with Crippen LogP contribution in [-0.4, -0.2) is 39.3 Å². The number of hydrogen-bond donors (Lipinski definition) is 1. The zero-order valence-electron chi connectivity index (χ0n) is 16.4. The molecule has 0 bridgehead atoms. The molecule has 8 heteroatoms. The fourth-order valence-electron chi connectivity index (χ4n) is 3.87. The van der Waals surface area contributed by atoms with E-state index in [0.717, 1.165) is 29.8 Å². The summed E-state index contributed by atoms with van der Waals surface area (Å²) in [6.07, 6.45) is 4.54. The monoisotopic (exact) mass is 422 g/mol. The Balaban J connectivity index is 1.42. The molecule has 154 valence electrons. The molecule has 0 saturated heterocycles. The van der Waals surface area contributed by atoms with Crippen LogP contribution in [-0.2, 0) is 4.79 Å². The molecule has 1 aliphatic heterocycles. The van der Waals surface area contributed by atoms with E-state index in [9.17, 15) is 4.79 Å². The van der Waals surface area contributed by atoms with Crippen LogP contribution in [0, 0.1) is 0 Å². The molecular weight excluding hydrogens is 400 g/mol. The molecule has 1 aliphatic carbocycles. The summed E-state index contributed by atoms with van der Waals surface area (Å²) in [5.74, 6) is 2.46. The summed E-state index contributed by atoms with van der Waals surface area (Å²) >= 11 is 1.40. The molecule has 2 aliphatic rings. The topological polar surface area (TPSA) is 78.3 Å². The second-order valence-corrected chi connectivity index (χ2v) is 8.33. The smallest absolute Gasteiger partial charge is 0.231 e. The van der Waals surface area contributed by atoms with Gasteiger partial charge in [-0.25, -0.2) is 0 Å². The molecule has 1 aromatic heterocycles. The second-order valence-electron chi connectivity index (χ2n) is 7.38. The van der Waals surface area contributed by atoms with Crippen LogP contribution in [0.3, 0.4) is 0 Å². The summed E-state index contributed by atoms with van der Waals surface area (Å²) in [5.41, 5.74) is 1.81.